The molecule has 4 heterocycles. The number of carbonyl (C=O) groups excluding carboxylic acids is 4. The summed E-state index contributed by atoms with van der Waals surface area (Å²) in [7, 11) is 3.29. The number of rotatable bonds is 8. The van der Waals surface area contributed by atoms with Gasteiger partial charge in [0.1, 0.15) is 18.1 Å². The number of aromatic nitrogens is 1. The van der Waals surface area contributed by atoms with Gasteiger partial charge in [-0.25, -0.2) is 5.43 Å². The van der Waals surface area contributed by atoms with E-state index in [0.717, 1.165) is 51.3 Å². The number of carbonyl (C=O) groups is 4. The number of esters is 1. The van der Waals surface area contributed by atoms with Crippen LogP contribution in [0.25, 0.3) is 16.7 Å². The Kier molecular flexibility index (Phi) is 12.5. The van der Waals surface area contributed by atoms with Crippen molar-refractivity contribution in [2.24, 2.45) is 11.3 Å². The molecular weight excluding hydrogens is 721 g/mol. The Morgan fingerprint density at radius 2 is 1.84 bits per heavy atom. The highest BCUT2D eigenvalue weighted by Gasteiger charge is 2.40. The summed E-state index contributed by atoms with van der Waals surface area (Å²) in [6.45, 7) is 14.7. The molecule has 2 N–H and O–H groups in total. The van der Waals surface area contributed by atoms with Crippen molar-refractivity contribution in [1.82, 2.24) is 25.6 Å². The van der Waals surface area contributed by atoms with Crippen LogP contribution in [0.4, 0.5) is 5.69 Å². The van der Waals surface area contributed by atoms with Crippen molar-refractivity contribution in [2.75, 3.05) is 38.8 Å². The van der Waals surface area contributed by atoms with E-state index in [1.165, 1.54) is 16.8 Å². The van der Waals surface area contributed by atoms with Gasteiger partial charge >= 0.3 is 5.97 Å². The average Bonchev–Trinajstić information content (AvgIpc) is 3.50. The third-order valence-electron chi connectivity index (χ3n) is 11.5. The summed E-state index contributed by atoms with van der Waals surface area (Å²) in [5.74, 6) is -1.68. The van der Waals surface area contributed by atoms with Gasteiger partial charge in [-0.3, -0.25) is 29.2 Å². The van der Waals surface area contributed by atoms with Crippen LogP contribution in [0.1, 0.15) is 95.8 Å². The molecule has 0 radical (unpaired) electrons. The SMILES string of the molecule is CCN1c2ccc3cc2/C(=C\C(C)(C)COC(=O)[C@@H]2CCCN(N2)C(=O)[C@@H](NC(=O)[C@H](C(C)C)N(C)C(C)=O)Cc2cccc-3c2)C1c1cccnc1[C@H](C)OC. The Labute approximate surface area is 336 Å². The number of fused-ring (bicyclic) bond motifs is 6. The number of hydrazine groups is 1. The van der Waals surface area contributed by atoms with Crippen LogP contribution in [0, 0.1) is 11.3 Å². The summed E-state index contributed by atoms with van der Waals surface area (Å²) >= 11 is 0. The zero-order valence-corrected chi connectivity index (χ0v) is 34.8. The average molecular weight is 779 g/mol. The fourth-order valence-corrected chi connectivity index (χ4v) is 8.43. The Balaban J connectivity index is 1.48. The molecule has 57 heavy (non-hydrogen) atoms. The Morgan fingerprint density at radius 3 is 2.54 bits per heavy atom. The van der Waals surface area contributed by atoms with Gasteiger partial charge in [0.15, 0.2) is 0 Å². The van der Waals surface area contributed by atoms with Gasteiger partial charge in [-0.1, -0.05) is 70.2 Å². The second-order valence-corrected chi connectivity index (χ2v) is 16.6. The quantitative estimate of drug-likeness (QED) is 0.263. The second-order valence-electron chi connectivity index (χ2n) is 16.6. The number of benzene rings is 2. The maximum absolute atomic E-state index is 14.4. The molecule has 0 saturated carbocycles. The van der Waals surface area contributed by atoms with E-state index in [0.29, 0.717) is 19.4 Å². The van der Waals surface area contributed by atoms with Gasteiger partial charge < -0.3 is 24.6 Å². The van der Waals surface area contributed by atoms with E-state index in [-0.39, 0.29) is 42.9 Å². The predicted octanol–water partition coefficient (Wildman–Crippen LogP) is 6.03. The summed E-state index contributed by atoms with van der Waals surface area (Å²) in [5.41, 5.74) is 10.5. The highest BCUT2D eigenvalue weighted by Crippen LogP contribution is 2.51. The molecule has 1 fully saturated rings. The lowest BCUT2D eigenvalue weighted by Crippen LogP contribution is -2.62. The van der Waals surface area contributed by atoms with Gasteiger partial charge in [-0.05, 0) is 73.1 Å². The van der Waals surface area contributed by atoms with Crippen molar-refractivity contribution in [3.8, 4) is 11.1 Å². The fraction of sp³-hybridized carbons (Fsp3) is 0.489. The molecule has 6 rings (SSSR count). The van der Waals surface area contributed by atoms with Gasteiger partial charge in [0.25, 0.3) is 5.91 Å². The van der Waals surface area contributed by atoms with Crippen LogP contribution >= 0.6 is 0 Å². The molecule has 3 aliphatic rings. The lowest BCUT2D eigenvalue weighted by Gasteiger charge is -2.36. The number of amides is 3. The molecule has 3 aliphatic heterocycles. The number of hydrogen-bond donors (Lipinski definition) is 2. The minimum atomic E-state index is -0.981. The number of anilines is 1. The third kappa shape index (κ3) is 8.77. The van der Waals surface area contributed by atoms with Crippen LogP contribution in [0.3, 0.4) is 0 Å². The van der Waals surface area contributed by atoms with Crippen molar-refractivity contribution in [2.45, 2.75) is 98.0 Å². The lowest BCUT2D eigenvalue weighted by atomic mass is 9.85. The van der Waals surface area contributed by atoms with Gasteiger partial charge in [-0.2, -0.15) is 0 Å². The number of ether oxygens (including phenoxy) is 2. The molecule has 2 aromatic carbocycles. The zero-order chi connectivity index (χ0) is 41.2. The highest BCUT2D eigenvalue weighted by molar-refractivity contribution is 5.93. The van der Waals surface area contributed by atoms with Gasteiger partial charge in [0, 0.05) is 69.0 Å². The Bertz CT molecular complexity index is 2030. The molecular formula is C45H58N6O6. The first-order valence-electron chi connectivity index (χ1n) is 20.1. The van der Waals surface area contributed by atoms with Crippen molar-refractivity contribution in [3.63, 3.8) is 0 Å². The number of methoxy groups -OCH3 is 1. The van der Waals surface area contributed by atoms with Gasteiger partial charge in [-0.15, -0.1) is 0 Å². The van der Waals surface area contributed by atoms with E-state index in [4.69, 9.17) is 14.5 Å². The summed E-state index contributed by atoms with van der Waals surface area (Å²) in [6.07, 6.45) is 5.07. The first-order valence-corrected chi connectivity index (χ1v) is 20.1. The van der Waals surface area contributed by atoms with Crippen LogP contribution < -0.4 is 15.6 Å². The van der Waals surface area contributed by atoms with Crippen molar-refractivity contribution < 1.29 is 28.7 Å². The normalized spacial score (nSPS) is 22.8. The van der Waals surface area contributed by atoms with Crippen LogP contribution in [0.2, 0.25) is 0 Å². The van der Waals surface area contributed by atoms with Gasteiger partial charge in [0.2, 0.25) is 11.8 Å². The smallest absolute Gasteiger partial charge is 0.324 e. The van der Waals surface area contributed by atoms with Crippen LogP contribution in [-0.2, 0) is 35.1 Å². The van der Waals surface area contributed by atoms with Crippen molar-refractivity contribution in [1.29, 1.82) is 0 Å². The largest absolute Gasteiger partial charge is 0.464 e. The Hall–Kier alpha value is -5.07. The van der Waals surface area contributed by atoms with E-state index in [2.05, 4.69) is 78.9 Å². The molecule has 3 amide bonds. The summed E-state index contributed by atoms with van der Waals surface area (Å²) < 4.78 is 11.9. The maximum atomic E-state index is 14.4. The Morgan fingerprint density at radius 1 is 1.09 bits per heavy atom. The van der Waals surface area contributed by atoms with Crippen LogP contribution in [0.5, 0.6) is 0 Å². The molecule has 3 aromatic rings. The zero-order valence-electron chi connectivity index (χ0n) is 34.8. The number of cyclic esters (lactones) is 1. The monoisotopic (exact) mass is 778 g/mol. The maximum Gasteiger partial charge on any atom is 0.324 e. The molecule has 1 saturated heterocycles. The van der Waals surface area contributed by atoms with E-state index >= 15 is 0 Å². The lowest BCUT2D eigenvalue weighted by molar-refractivity contribution is -0.155. The van der Waals surface area contributed by atoms with Crippen molar-refractivity contribution >= 4 is 35.0 Å². The van der Waals surface area contributed by atoms with Crippen LogP contribution in [0.15, 0.2) is 66.9 Å². The number of likely N-dealkylation sites (N-methyl/N-ethyl adjacent to an activating group) is 2. The topological polar surface area (TPSA) is 133 Å². The number of hydrogen-bond acceptors (Lipinski definition) is 9. The van der Waals surface area contributed by atoms with Gasteiger partial charge in [0.05, 0.1) is 24.4 Å². The first kappa shape index (κ1) is 41.6. The number of nitrogens with one attached hydrogen (secondary N) is 2. The second kappa shape index (κ2) is 17.2. The molecule has 0 aliphatic carbocycles. The van der Waals surface area contributed by atoms with E-state index in [1.807, 2.05) is 39.0 Å². The fourth-order valence-electron chi connectivity index (χ4n) is 8.43. The molecule has 12 nitrogen and oxygen atoms in total. The highest BCUT2D eigenvalue weighted by atomic mass is 16.5. The summed E-state index contributed by atoms with van der Waals surface area (Å²) in [6, 6.07) is 16.0. The summed E-state index contributed by atoms with van der Waals surface area (Å²) in [5, 5.41) is 4.45. The predicted molar refractivity (Wildman–Crippen MR) is 221 cm³/mol. The number of nitrogens with zero attached hydrogens (tertiary/aromatic N) is 4. The minimum Gasteiger partial charge on any atom is -0.464 e. The molecule has 5 atom stereocenters. The molecule has 0 spiro atoms. The van der Waals surface area contributed by atoms with E-state index in [9.17, 15) is 19.2 Å². The number of pyridine rings is 1. The molecule has 6 bridgehead atoms. The molecule has 12 heteroatoms. The van der Waals surface area contributed by atoms with Crippen LogP contribution in [-0.4, -0.2) is 90.6 Å². The molecule has 304 valence electrons. The minimum absolute atomic E-state index is 0.116. The van der Waals surface area contributed by atoms with Crippen molar-refractivity contribution in [3.05, 3.63) is 89.3 Å². The van der Waals surface area contributed by atoms with E-state index in [1.54, 1.807) is 20.4 Å². The first-order chi connectivity index (χ1) is 27.1. The molecule has 1 unspecified atom stereocenters. The third-order valence-corrected chi connectivity index (χ3v) is 11.5. The van der Waals surface area contributed by atoms with E-state index < -0.39 is 35.4 Å². The molecule has 1 aromatic heterocycles. The standard InChI is InChI=1S/C45H58N6O6/c1-10-50-38-19-18-32-24-34(38)35(41(50)33-16-12-20-46-39(33)28(4)56-9)25-45(6,7)26-57-44(55)36-17-13-21-51(48-36)43(54)37(23-30-14-11-15-31(32)22-30)47-42(53)40(27(2)3)49(8)29(5)52/h11-12,14-16,18-20,22,24-25,27-28,36-37,40-41,48H,10,13,17,21,23,26H2,1-9H3,(H,47,53)/b35-25+/t28-,36-,37-,40-,41?/m0/s1. The summed E-state index contributed by atoms with van der Waals surface area (Å²) in [4.78, 5) is 63.1.